The van der Waals surface area contributed by atoms with Crippen molar-refractivity contribution in [1.82, 2.24) is 10.2 Å². The average Bonchev–Trinajstić information content (AvgIpc) is 2.76. The van der Waals surface area contributed by atoms with Gasteiger partial charge in [0.25, 0.3) is 0 Å². The van der Waals surface area contributed by atoms with Gasteiger partial charge in [-0.15, -0.1) is 0 Å². The molecular weight excluding hydrogens is 208 g/mol. The Labute approximate surface area is 107 Å². The van der Waals surface area contributed by atoms with Crippen molar-refractivity contribution in [3.8, 4) is 0 Å². The molecule has 0 radical (unpaired) electrons. The van der Waals surface area contributed by atoms with Gasteiger partial charge < -0.3 is 10.2 Å². The van der Waals surface area contributed by atoms with Crippen LogP contribution in [0.25, 0.3) is 0 Å². The summed E-state index contributed by atoms with van der Waals surface area (Å²) < 4.78 is 0. The highest BCUT2D eigenvalue weighted by Gasteiger charge is 2.21. The zero-order valence-electron chi connectivity index (χ0n) is 11.8. The van der Waals surface area contributed by atoms with Crippen LogP contribution in [0.15, 0.2) is 0 Å². The Bertz CT molecular complexity index is 207. The molecule has 0 bridgehead atoms. The lowest BCUT2D eigenvalue weighted by Crippen LogP contribution is -2.39. The lowest BCUT2D eigenvalue weighted by atomic mass is 9.81. The van der Waals surface area contributed by atoms with Crippen LogP contribution < -0.4 is 5.32 Å². The second-order valence-corrected chi connectivity index (χ2v) is 6.31. The van der Waals surface area contributed by atoms with Gasteiger partial charge in [0.15, 0.2) is 0 Å². The van der Waals surface area contributed by atoms with E-state index < -0.39 is 0 Å². The Morgan fingerprint density at radius 3 is 2.41 bits per heavy atom. The predicted octanol–water partition coefficient (Wildman–Crippen LogP) is 3.03. The minimum atomic E-state index is 0.720. The molecule has 0 saturated heterocycles. The van der Waals surface area contributed by atoms with Crippen molar-refractivity contribution in [1.29, 1.82) is 0 Å². The number of hydrogen-bond donors (Lipinski definition) is 1. The first kappa shape index (κ1) is 13.4. The largest absolute Gasteiger partial charge is 0.313 e. The third-order valence-corrected chi connectivity index (χ3v) is 4.82. The summed E-state index contributed by atoms with van der Waals surface area (Å²) in [5, 5.41) is 3.69. The van der Waals surface area contributed by atoms with E-state index in [4.69, 9.17) is 0 Å². The van der Waals surface area contributed by atoms with Gasteiger partial charge in [-0.3, -0.25) is 0 Å². The number of hydrogen-bond acceptors (Lipinski definition) is 2. The summed E-state index contributed by atoms with van der Waals surface area (Å²) >= 11 is 0. The summed E-state index contributed by atoms with van der Waals surface area (Å²) in [6, 6.07) is 1.59. The zero-order valence-corrected chi connectivity index (χ0v) is 11.8. The lowest BCUT2D eigenvalue weighted by molar-refractivity contribution is 0.231. The van der Waals surface area contributed by atoms with E-state index in [-0.39, 0.29) is 0 Å². The average molecular weight is 238 g/mol. The molecule has 2 aliphatic rings. The van der Waals surface area contributed by atoms with E-state index in [9.17, 15) is 0 Å². The second-order valence-electron chi connectivity index (χ2n) is 6.31. The smallest absolute Gasteiger partial charge is 0.0107 e. The summed E-state index contributed by atoms with van der Waals surface area (Å²) in [4.78, 5) is 2.57. The highest BCUT2D eigenvalue weighted by Crippen LogP contribution is 2.30. The molecule has 1 unspecified atom stereocenters. The van der Waals surface area contributed by atoms with Crippen molar-refractivity contribution in [2.45, 2.75) is 70.4 Å². The first-order valence-electron chi connectivity index (χ1n) is 7.69. The molecule has 0 aromatic rings. The summed E-state index contributed by atoms with van der Waals surface area (Å²) in [7, 11) is 2.30. The van der Waals surface area contributed by atoms with Crippen LogP contribution in [0.1, 0.15) is 58.3 Å². The van der Waals surface area contributed by atoms with Crippen molar-refractivity contribution in [3.05, 3.63) is 0 Å². The van der Waals surface area contributed by atoms with E-state index in [1.807, 2.05) is 0 Å². The number of nitrogens with zero attached hydrogens (tertiary/aromatic N) is 1. The van der Waals surface area contributed by atoms with Crippen LogP contribution in [-0.2, 0) is 0 Å². The van der Waals surface area contributed by atoms with Crippen molar-refractivity contribution < 1.29 is 0 Å². The van der Waals surface area contributed by atoms with Crippen LogP contribution in [0, 0.1) is 5.92 Å². The number of rotatable bonds is 7. The van der Waals surface area contributed by atoms with Crippen molar-refractivity contribution in [3.63, 3.8) is 0 Å². The van der Waals surface area contributed by atoms with E-state index >= 15 is 0 Å². The molecule has 2 fully saturated rings. The fourth-order valence-electron chi connectivity index (χ4n) is 3.33. The molecule has 2 nitrogen and oxygen atoms in total. The predicted molar refractivity (Wildman–Crippen MR) is 74.3 cm³/mol. The third kappa shape index (κ3) is 4.26. The first-order chi connectivity index (χ1) is 8.25. The van der Waals surface area contributed by atoms with Gasteiger partial charge in [0.05, 0.1) is 0 Å². The molecule has 100 valence electrons. The molecule has 0 aromatic heterocycles. The van der Waals surface area contributed by atoms with E-state index in [1.165, 1.54) is 64.5 Å². The first-order valence-corrected chi connectivity index (χ1v) is 7.69. The normalized spacial score (nSPS) is 24.2. The highest BCUT2D eigenvalue weighted by molar-refractivity contribution is 4.77. The standard InChI is InChI=1S/C15H30N2/c1-13(12-14-6-5-7-14)16-10-11-17(2)15-8-3-4-9-15/h13-16H,3-12H2,1-2H3. The summed E-state index contributed by atoms with van der Waals surface area (Å²) in [6.45, 7) is 4.74. The molecule has 0 spiro atoms. The zero-order chi connectivity index (χ0) is 12.1. The molecule has 2 heteroatoms. The van der Waals surface area contributed by atoms with Gasteiger partial charge in [-0.25, -0.2) is 0 Å². The van der Waals surface area contributed by atoms with E-state index in [0.717, 1.165) is 18.0 Å². The van der Waals surface area contributed by atoms with Crippen LogP contribution in [0.3, 0.4) is 0 Å². The Morgan fingerprint density at radius 1 is 1.12 bits per heavy atom. The molecular formula is C15H30N2. The molecule has 0 heterocycles. The van der Waals surface area contributed by atoms with Crippen molar-refractivity contribution in [2.75, 3.05) is 20.1 Å². The molecule has 0 aliphatic heterocycles. The fourth-order valence-corrected chi connectivity index (χ4v) is 3.33. The summed E-state index contributed by atoms with van der Waals surface area (Å²) in [6.07, 6.45) is 11.6. The quantitative estimate of drug-likeness (QED) is 0.733. The maximum atomic E-state index is 3.69. The highest BCUT2D eigenvalue weighted by atomic mass is 15.1. The second kappa shape index (κ2) is 6.75. The van der Waals surface area contributed by atoms with Crippen LogP contribution in [0.4, 0.5) is 0 Å². The topological polar surface area (TPSA) is 15.3 Å². The van der Waals surface area contributed by atoms with E-state index in [2.05, 4.69) is 24.2 Å². The SMILES string of the molecule is CC(CC1CCC1)NCCN(C)C1CCCC1. The van der Waals surface area contributed by atoms with Gasteiger partial charge in [-0.05, 0) is 39.2 Å². The van der Waals surface area contributed by atoms with Gasteiger partial charge in [0.2, 0.25) is 0 Å². The fraction of sp³-hybridized carbons (Fsp3) is 1.00. The molecule has 1 N–H and O–H groups in total. The molecule has 2 saturated carbocycles. The van der Waals surface area contributed by atoms with Gasteiger partial charge in [0, 0.05) is 25.2 Å². The minimum absolute atomic E-state index is 0.720. The molecule has 17 heavy (non-hydrogen) atoms. The van der Waals surface area contributed by atoms with Crippen LogP contribution in [-0.4, -0.2) is 37.1 Å². The Morgan fingerprint density at radius 2 is 1.82 bits per heavy atom. The van der Waals surface area contributed by atoms with Crippen molar-refractivity contribution >= 4 is 0 Å². The molecule has 1 atom stereocenters. The summed E-state index contributed by atoms with van der Waals surface area (Å²) in [5.74, 6) is 1.03. The van der Waals surface area contributed by atoms with Crippen molar-refractivity contribution in [2.24, 2.45) is 5.92 Å². The molecule has 2 rings (SSSR count). The molecule has 0 aromatic carbocycles. The number of nitrogens with one attached hydrogen (secondary N) is 1. The third-order valence-electron chi connectivity index (χ3n) is 4.82. The van der Waals surface area contributed by atoms with Gasteiger partial charge >= 0.3 is 0 Å². The number of likely N-dealkylation sites (N-methyl/N-ethyl adjacent to an activating group) is 1. The monoisotopic (exact) mass is 238 g/mol. The van der Waals surface area contributed by atoms with Crippen LogP contribution in [0.2, 0.25) is 0 Å². The summed E-state index contributed by atoms with van der Waals surface area (Å²) in [5.41, 5.74) is 0. The van der Waals surface area contributed by atoms with Gasteiger partial charge in [0.1, 0.15) is 0 Å². The van der Waals surface area contributed by atoms with Crippen LogP contribution >= 0.6 is 0 Å². The maximum Gasteiger partial charge on any atom is 0.0107 e. The Hall–Kier alpha value is -0.0800. The van der Waals surface area contributed by atoms with E-state index in [1.54, 1.807) is 0 Å². The van der Waals surface area contributed by atoms with Crippen LogP contribution in [0.5, 0.6) is 0 Å². The van der Waals surface area contributed by atoms with Gasteiger partial charge in [-0.2, -0.15) is 0 Å². The molecule has 2 aliphatic carbocycles. The maximum absolute atomic E-state index is 3.69. The Balaban J connectivity index is 1.51. The minimum Gasteiger partial charge on any atom is -0.313 e. The molecule has 0 amide bonds. The Kier molecular flexibility index (Phi) is 5.30. The lowest BCUT2D eigenvalue weighted by Gasteiger charge is -2.29. The van der Waals surface area contributed by atoms with E-state index in [0.29, 0.717) is 0 Å². The van der Waals surface area contributed by atoms with Gasteiger partial charge in [-0.1, -0.05) is 32.1 Å².